The monoisotopic (exact) mass is 347 g/mol. The largest absolute Gasteiger partial charge is 0.352 e. The first-order chi connectivity index (χ1) is 7.52. The summed E-state index contributed by atoms with van der Waals surface area (Å²) in [5, 5.41) is 2.92. The molecule has 1 atom stereocenters. The lowest BCUT2D eigenvalue weighted by Gasteiger charge is -2.10. The van der Waals surface area contributed by atoms with Gasteiger partial charge in [0.15, 0.2) is 0 Å². The molecule has 1 rings (SSSR count). The number of hydrogen-bond acceptors (Lipinski definition) is 1. The van der Waals surface area contributed by atoms with E-state index in [-0.39, 0.29) is 5.91 Å². The predicted octanol–water partition coefficient (Wildman–Crippen LogP) is 3.99. The molecule has 1 aromatic rings. The Hall–Kier alpha value is -0.350. The van der Waals surface area contributed by atoms with Crippen molar-refractivity contribution in [2.24, 2.45) is 5.92 Å². The molecule has 0 heterocycles. The first kappa shape index (κ1) is 13.7. The third kappa shape index (κ3) is 4.26. The van der Waals surface area contributed by atoms with Gasteiger partial charge in [-0.25, -0.2) is 0 Å². The van der Waals surface area contributed by atoms with Gasteiger partial charge in [0.05, 0.1) is 0 Å². The Bertz CT molecular complexity index is 359. The standard InChI is InChI=1S/C12H15Br2NO/c1-3-8(2)7-15-12(16)9-4-10(13)6-11(14)5-9/h4-6,8H,3,7H2,1-2H3,(H,15,16). The maximum Gasteiger partial charge on any atom is 0.251 e. The van der Waals surface area contributed by atoms with Gasteiger partial charge in [0.25, 0.3) is 5.91 Å². The highest BCUT2D eigenvalue weighted by Gasteiger charge is 2.08. The van der Waals surface area contributed by atoms with Crippen molar-refractivity contribution in [3.63, 3.8) is 0 Å². The molecule has 88 valence electrons. The molecule has 0 aromatic heterocycles. The number of halogens is 2. The minimum Gasteiger partial charge on any atom is -0.352 e. The molecule has 0 radical (unpaired) electrons. The SMILES string of the molecule is CCC(C)CNC(=O)c1cc(Br)cc(Br)c1. The number of hydrogen-bond donors (Lipinski definition) is 1. The van der Waals surface area contributed by atoms with E-state index in [9.17, 15) is 4.79 Å². The molecule has 16 heavy (non-hydrogen) atoms. The molecule has 1 amide bonds. The number of rotatable bonds is 4. The maximum absolute atomic E-state index is 11.8. The van der Waals surface area contributed by atoms with Crippen molar-refractivity contribution in [2.45, 2.75) is 20.3 Å². The molecule has 0 spiro atoms. The summed E-state index contributed by atoms with van der Waals surface area (Å²) in [5.41, 5.74) is 0.671. The Morgan fingerprint density at radius 3 is 2.38 bits per heavy atom. The van der Waals surface area contributed by atoms with Crippen molar-refractivity contribution in [1.29, 1.82) is 0 Å². The second-order valence-corrected chi connectivity index (χ2v) is 5.71. The van der Waals surface area contributed by atoms with E-state index in [0.29, 0.717) is 11.5 Å². The molecule has 0 aliphatic carbocycles. The van der Waals surface area contributed by atoms with Crippen molar-refractivity contribution < 1.29 is 4.79 Å². The zero-order valence-corrected chi connectivity index (χ0v) is 12.6. The van der Waals surface area contributed by atoms with Gasteiger partial charge in [-0.15, -0.1) is 0 Å². The molecule has 0 fully saturated rings. The summed E-state index contributed by atoms with van der Waals surface area (Å²) in [6, 6.07) is 5.54. The molecule has 2 nitrogen and oxygen atoms in total. The van der Waals surface area contributed by atoms with Crippen LogP contribution >= 0.6 is 31.9 Å². The highest BCUT2D eigenvalue weighted by atomic mass is 79.9. The minimum absolute atomic E-state index is 0.0256. The van der Waals surface area contributed by atoms with Gasteiger partial charge in [-0.05, 0) is 24.1 Å². The van der Waals surface area contributed by atoms with Crippen molar-refractivity contribution in [3.05, 3.63) is 32.7 Å². The number of nitrogens with one attached hydrogen (secondary N) is 1. The lowest BCUT2D eigenvalue weighted by Crippen LogP contribution is -2.28. The van der Waals surface area contributed by atoms with Crippen LogP contribution in [0.15, 0.2) is 27.1 Å². The number of carbonyl (C=O) groups is 1. The molecule has 0 saturated heterocycles. The molecule has 0 saturated carbocycles. The summed E-state index contributed by atoms with van der Waals surface area (Å²) in [6.07, 6.45) is 1.07. The average molecular weight is 349 g/mol. The van der Waals surface area contributed by atoms with Crippen LogP contribution in [0.5, 0.6) is 0 Å². The highest BCUT2D eigenvalue weighted by Crippen LogP contribution is 2.20. The minimum atomic E-state index is -0.0256. The van der Waals surface area contributed by atoms with Gasteiger partial charge in [0, 0.05) is 21.1 Å². The van der Waals surface area contributed by atoms with E-state index >= 15 is 0 Å². The quantitative estimate of drug-likeness (QED) is 0.875. The number of amides is 1. The molecular formula is C12H15Br2NO. The van der Waals surface area contributed by atoms with Crippen LogP contribution < -0.4 is 5.32 Å². The summed E-state index contributed by atoms with van der Waals surface area (Å²) in [7, 11) is 0. The van der Waals surface area contributed by atoms with Gasteiger partial charge in [-0.3, -0.25) is 4.79 Å². The summed E-state index contributed by atoms with van der Waals surface area (Å²) >= 11 is 6.73. The van der Waals surface area contributed by atoms with E-state index in [1.54, 1.807) is 0 Å². The normalized spacial score (nSPS) is 12.2. The fourth-order valence-electron chi connectivity index (χ4n) is 1.20. The lowest BCUT2D eigenvalue weighted by atomic mass is 10.1. The van der Waals surface area contributed by atoms with Crippen LogP contribution in [0.3, 0.4) is 0 Å². The molecule has 1 aromatic carbocycles. The zero-order valence-electron chi connectivity index (χ0n) is 9.39. The van der Waals surface area contributed by atoms with Gasteiger partial charge in [-0.2, -0.15) is 0 Å². The Balaban J connectivity index is 2.66. The third-order valence-electron chi connectivity index (χ3n) is 2.43. The maximum atomic E-state index is 11.8. The Morgan fingerprint density at radius 2 is 1.88 bits per heavy atom. The molecular weight excluding hydrogens is 334 g/mol. The van der Waals surface area contributed by atoms with Crippen LogP contribution in [0.4, 0.5) is 0 Å². The van der Waals surface area contributed by atoms with Crippen molar-refractivity contribution in [1.82, 2.24) is 5.32 Å². The van der Waals surface area contributed by atoms with Gasteiger partial charge in [-0.1, -0.05) is 52.1 Å². The Labute approximate surface area is 113 Å². The van der Waals surface area contributed by atoms with Crippen LogP contribution in [-0.2, 0) is 0 Å². The molecule has 0 bridgehead atoms. The second kappa shape index (κ2) is 6.40. The van der Waals surface area contributed by atoms with Crippen LogP contribution in [0.1, 0.15) is 30.6 Å². The Kier molecular flexibility index (Phi) is 5.49. The fraction of sp³-hybridized carbons (Fsp3) is 0.417. The highest BCUT2D eigenvalue weighted by molar-refractivity contribution is 9.11. The van der Waals surface area contributed by atoms with Crippen LogP contribution in [0.25, 0.3) is 0 Å². The summed E-state index contributed by atoms with van der Waals surface area (Å²) < 4.78 is 1.80. The summed E-state index contributed by atoms with van der Waals surface area (Å²) in [4.78, 5) is 11.8. The van der Waals surface area contributed by atoms with Crippen molar-refractivity contribution in [2.75, 3.05) is 6.54 Å². The van der Waals surface area contributed by atoms with E-state index in [4.69, 9.17) is 0 Å². The van der Waals surface area contributed by atoms with Crippen LogP contribution in [0.2, 0.25) is 0 Å². The topological polar surface area (TPSA) is 29.1 Å². The zero-order chi connectivity index (χ0) is 12.1. The fourth-order valence-corrected chi connectivity index (χ4v) is 2.49. The van der Waals surface area contributed by atoms with Gasteiger partial charge >= 0.3 is 0 Å². The van der Waals surface area contributed by atoms with E-state index in [0.717, 1.165) is 21.9 Å². The molecule has 1 unspecified atom stereocenters. The number of carbonyl (C=O) groups excluding carboxylic acids is 1. The average Bonchev–Trinajstić information content (AvgIpc) is 2.23. The van der Waals surface area contributed by atoms with E-state index in [1.807, 2.05) is 18.2 Å². The lowest BCUT2D eigenvalue weighted by molar-refractivity contribution is 0.0947. The van der Waals surface area contributed by atoms with Gasteiger partial charge < -0.3 is 5.32 Å². The van der Waals surface area contributed by atoms with Crippen molar-refractivity contribution >= 4 is 37.8 Å². The van der Waals surface area contributed by atoms with Crippen LogP contribution in [-0.4, -0.2) is 12.5 Å². The number of benzene rings is 1. The smallest absolute Gasteiger partial charge is 0.251 e. The summed E-state index contributed by atoms with van der Waals surface area (Å²) in [5.74, 6) is 0.488. The first-order valence-corrected chi connectivity index (χ1v) is 6.85. The predicted molar refractivity (Wildman–Crippen MR) is 73.6 cm³/mol. The molecule has 0 aliphatic heterocycles. The van der Waals surface area contributed by atoms with Crippen LogP contribution in [0, 0.1) is 5.92 Å². The van der Waals surface area contributed by atoms with E-state index in [2.05, 4.69) is 51.0 Å². The van der Waals surface area contributed by atoms with E-state index in [1.165, 1.54) is 0 Å². The van der Waals surface area contributed by atoms with Gasteiger partial charge in [0.2, 0.25) is 0 Å². The molecule has 4 heteroatoms. The third-order valence-corrected chi connectivity index (χ3v) is 3.35. The van der Waals surface area contributed by atoms with Gasteiger partial charge in [0.1, 0.15) is 0 Å². The molecule has 0 aliphatic rings. The van der Waals surface area contributed by atoms with E-state index < -0.39 is 0 Å². The Morgan fingerprint density at radius 1 is 1.31 bits per heavy atom. The second-order valence-electron chi connectivity index (χ2n) is 3.88. The first-order valence-electron chi connectivity index (χ1n) is 5.27. The van der Waals surface area contributed by atoms with Crippen molar-refractivity contribution in [3.8, 4) is 0 Å². The summed E-state index contributed by atoms with van der Waals surface area (Å²) in [6.45, 7) is 4.96. The molecule has 1 N–H and O–H groups in total.